The van der Waals surface area contributed by atoms with Gasteiger partial charge in [0.25, 0.3) is 0 Å². The van der Waals surface area contributed by atoms with Crippen molar-refractivity contribution in [3.63, 3.8) is 0 Å². The van der Waals surface area contributed by atoms with Crippen molar-refractivity contribution < 1.29 is 9.53 Å². The molecule has 0 radical (unpaired) electrons. The molecule has 7 nitrogen and oxygen atoms in total. The second kappa shape index (κ2) is 8.55. The van der Waals surface area contributed by atoms with Gasteiger partial charge in [-0.3, -0.25) is 9.36 Å². The fourth-order valence-corrected chi connectivity index (χ4v) is 3.83. The fourth-order valence-electron chi connectivity index (χ4n) is 3.07. The maximum absolute atomic E-state index is 12.4. The standard InChI is InChI=1S/C18H24N4O3S/c1-3-13-7-4-6-12(2)16(13)19-15(23)11-26-18-21-20-17(24)22(18)10-14-8-5-9-25-14/h4,6-7,14H,3,5,8-11H2,1-2H3,(H,19,23)(H,20,24)/t14-/m0/s1. The summed E-state index contributed by atoms with van der Waals surface area (Å²) in [6.45, 7) is 5.25. The van der Waals surface area contributed by atoms with Gasteiger partial charge in [-0.05, 0) is 37.3 Å². The number of thioether (sulfide) groups is 1. The highest BCUT2D eigenvalue weighted by Crippen LogP contribution is 2.22. The molecule has 1 aliphatic rings. The maximum Gasteiger partial charge on any atom is 0.344 e. The summed E-state index contributed by atoms with van der Waals surface area (Å²) in [5, 5.41) is 10.0. The summed E-state index contributed by atoms with van der Waals surface area (Å²) >= 11 is 1.25. The van der Waals surface area contributed by atoms with Crippen LogP contribution in [0.1, 0.15) is 30.9 Å². The Morgan fingerprint density at radius 2 is 2.35 bits per heavy atom. The molecule has 0 unspecified atom stereocenters. The third-order valence-electron chi connectivity index (χ3n) is 4.47. The van der Waals surface area contributed by atoms with Crippen LogP contribution in [0.5, 0.6) is 0 Å². The van der Waals surface area contributed by atoms with E-state index in [9.17, 15) is 9.59 Å². The number of aryl methyl sites for hydroxylation is 2. The van der Waals surface area contributed by atoms with E-state index in [4.69, 9.17) is 4.74 Å². The minimum absolute atomic E-state index is 0.0394. The Hall–Kier alpha value is -2.06. The Morgan fingerprint density at radius 3 is 3.08 bits per heavy atom. The van der Waals surface area contributed by atoms with E-state index in [0.717, 1.165) is 42.7 Å². The monoisotopic (exact) mass is 376 g/mol. The number of rotatable bonds is 7. The first-order chi connectivity index (χ1) is 12.6. The van der Waals surface area contributed by atoms with Crippen LogP contribution in [0.3, 0.4) is 0 Å². The average Bonchev–Trinajstić information content (AvgIpc) is 3.26. The Balaban J connectivity index is 1.63. The molecule has 2 aromatic rings. The van der Waals surface area contributed by atoms with Crippen LogP contribution < -0.4 is 11.0 Å². The van der Waals surface area contributed by atoms with Gasteiger partial charge in [0, 0.05) is 12.3 Å². The molecule has 3 rings (SSSR count). The number of benzene rings is 1. The SMILES string of the molecule is CCc1cccc(C)c1NC(=O)CSc1n[nH]c(=O)n1C[C@@H]1CCCO1. The van der Waals surface area contributed by atoms with Gasteiger partial charge in [0.15, 0.2) is 5.16 Å². The molecule has 1 atom stereocenters. The summed E-state index contributed by atoms with van der Waals surface area (Å²) in [6, 6.07) is 5.99. The maximum atomic E-state index is 12.4. The van der Waals surface area contributed by atoms with Crippen molar-refractivity contribution in [2.24, 2.45) is 0 Å². The molecule has 1 aromatic carbocycles. The van der Waals surface area contributed by atoms with Crippen LogP contribution in [0.25, 0.3) is 0 Å². The molecule has 2 N–H and O–H groups in total. The molecule has 1 amide bonds. The minimum atomic E-state index is -0.268. The summed E-state index contributed by atoms with van der Waals surface area (Å²) in [6.07, 6.45) is 2.84. The van der Waals surface area contributed by atoms with Crippen molar-refractivity contribution in [1.29, 1.82) is 0 Å². The molecule has 140 valence electrons. The van der Waals surface area contributed by atoms with Crippen molar-refractivity contribution >= 4 is 23.4 Å². The Morgan fingerprint density at radius 1 is 1.50 bits per heavy atom. The van der Waals surface area contributed by atoms with Gasteiger partial charge in [-0.1, -0.05) is 36.9 Å². The molecule has 0 spiro atoms. The van der Waals surface area contributed by atoms with Crippen LogP contribution in [0.4, 0.5) is 5.69 Å². The molecular weight excluding hydrogens is 352 g/mol. The van der Waals surface area contributed by atoms with E-state index in [1.807, 2.05) is 25.1 Å². The van der Waals surface area contributed by atoms with Gasteiger partial charge in [-0.25, -0.2) is 9.89 Å². The highest BCUT2D eigenvalue weighted by Gasteiger charge is 2.20. The number of nitrogens with one attached hydrogen (secondary N) is 2. The second-order valence-corrected chi connectivity index (χ2v) is 7.30. The highest BCUT2D eigenvalue weighted by atomic mass is 32.2. The summed E-state index contributed by atoms with van der Waals surface area (Å²) in [4.78, 5) is 24.4. The lowest BCUT2D eigenvalue weighted by molar-refractivity contribution is -0.113. The number of anilines is 1. The lowest BCUT2D eigenvalue weighted by Crippen LogP contribution is -2.25. The minimum Gasteiger partial charge on any atom is -0.376 e. The van der Waals surface area contributed by atoms with Crippen molar-refractivity contribution in [3.05, 3.63) is 39.8 Å². The van der Waals surface area contributed by atoms with E-state index in [1.54, 1.807) is 4.57 Å². The van der Waals surface area contributed by atoms with Crippen LogP contribution in [-0.4, -0.2) is 39.1 Å². The largest absolute Gasteiger partial charge is 0.376 e. The molecule has 0 aliphatic carbocycles. The third-order valence-corrected chi connectivity index (χ3v) is 5.45. The van der Waals surface area contributed by atoms with Gasteiger partial charge in [0.05, 0.1) is 18.4 Å². The number of nitrogens with zero attached hydrogens (tertiary/aromatic N) is 2. The molecule has 8 heteroatoms. The Bertz CT molecular complexity index is 824. The number of hydrogen-bond donors (Lipinski definition) is 2. The van der Waals surface area contributed by atoms with Crippen molar-refractivity contribution in [2.45, 2.75) is 50.9 Å². The van der Waals surface area contributed by atoms with Crippen molar-refractivity contribution in [1.82, 2.24) is 14.8 Å². The van der Waals surface area contributed by atoms with Crippen LogP contribution >= 0.6 is 11.8 Å². The summed E-state index contributed by atoms with van der Waals surface area (Å²) in [5.41, 5.74) is 2.76. The Kier molecular flexibility index (Phi) is 6.16. The van der Waals surface area contributed by atoms with Gasteiger partial charge in [0.1, 0.15) is 0 Å². The second-order valence-electron chi connectivity index (χ2n) is 6.36. The normalized spacial score (nSPS) is 16.8. The third kappa shape index (κ3) is 4.37. The lowest BCUT2D eigenvalue weighted by Gasteiger charge is -2.13. The topological polar surface area (TPSA) is 89.0 Å². The smallest absolute Gasteiger partial charge is 0.344 e. The van der Waals surface area contributed by atoms with Gasteiger partial charge < -0.3 is 10.1 Å². The zero-order chi connectivity index (χ0) is 18.5. The highest BCUT2D eigenvalue weighted by molar-refractivity contribution is 7.99. The lowest BCUT2D eigenvalue weighted by atomic mass is 10.1. The number of aromatic amines is 1. The molecular formula is C18H24N4O3S. The molecule has 0 saturated carbocycles. The molecule has 1 fully saturated rings. The fraction of sp³-hybridized carbons (Fsp3) is 0.500. The predicted molar refractivity (Wildman–Crippen MR) is 102 cm³/mol. The zero-order valence-corrected chi connectivity index (χ0v) is 15.9. The number of H-pyrrole nitrogens is 1. The van der Waals surface area contributed by atoms with Gasteiger partial charge in [-0.2, -0.15) is 0 Å². The Labute approximate surface area is 156 Å². The van der Waals surface area contributed by atoms with E-state index >= 15 is 0 Å². The van der Waals surface area contributed by atoms with E-state index < -0.39 is 0 Å². The average molecular weight is 376 g/mol. The zero-order valence-electron chi connectivity index (χ0n) is 15.1. The summed E-state index contributed by atoms with van der Waals surface area (Å²) in [5.74, 6) is 0.0749. The quantitative estimate of drug-likeness (QED) is 0.724. The number of hydrogen-bond acceptors (Lipinski definition) is 5. The number of carbonyl (C=O) groups is 1. The molecule has 26 heavy (non-hydrogen) atoms. The van der Waals surface area contributed by atoms with Gasteiger partial charge >= 0.3 is 5.69 Å². The van der Waals surface area contributed by atoms with Gasteiger partial charge in [-0.15, -0.1) is 5.10 Å². The molecule has 2 heterocycles. The number of ether oxygens (including phenoxy) is 1. The van der Waals surface area contributed by atoms with Crippen LogP contribution in [-0.2, 0) is 22.5 Å². The number of para-hydroxylation sites is 1. The summed E-state index contributed by atoms with van der Waals surface area (Å²) < 4.78 is 7.14. The molecule has 1 aliphatic heterocycles. The first kappa shape index (κ1) is 18.7. The number of carbonyl (C=O) groups excluding carboxylic acids is 1. The first-order valence-electron chi connectivity index (χ1n) is 8.86. The van der Waals surface area contributed by atoms with Crippen LogP contribution in [0.15, 0.2) is 28.2 Å². The van der Waals surface area contributed by atoms with E-state index in [0.29, 0.717) is 11.7 Å². The van der Waals surface area contributed by atoms with Crippen LogP contribution in [0.2, 0.25) is 0 Å². The summed E-state index contributed by atoms with van der Waals surface area (Å²) in [7, 11) is 0. The van der Waals surface area contributed by atoms with Gasteiger partial charge in [0.2, 0.25) is 5.91 Å². The van der Waals surface area contributed by atoms with E-state index in [-0.39, 0.29) is 23.5 Å². The molecule has 1 aromatic heterocycles. The van der Waals surface area contributed by atoms with E-state index in [2.05, 4.69) is 22.4 Å². The van der Waals surface area contributed by atoms with Crippen LogP contribution in [0, 0.1) is 6.92 Å². The predicted octanol–water partition coefficient (Wildman–Crippen LogP) is 2.35. The number of amides is 1. The number of aromatic nitrogens is 3. The van der Waals surface area contributed by atoms with Crippen molar-refractivity contribution in [2.75, 3.05) is 17.7 Å². The first-order valence-corrected chi connectivity index (χ1v) is 9.85. The molecule has 0 bridgehead atoms. The van der Waals surface area contributed by atoms with E-state index in [1.165, 1.54) is 11.8 Å². The van der Waals surface area contributed by atoms with Crippen molar-refractivity contribution in [3.8, 4) is 0 Å². The molecule has 1 saturated heterocycles.